The number of hydrogen-bond donors (Lipinski definition) is 2. The number of nitrogens with one attached hydrogen (secondary N) is 1. The van der Waals surface area contributed by atoms with E-state index in [4.69, 9.17) is 19.9 Å². The first kappa shape index (κ1) is 18.5. The Bertz CT molecular complexity index is 425. The first-order valence-corrected chi connectivity index (χ1v) is 5.87. The molecule has 0 aliphatic carbocycles. The molecule has 0 bridgehead atoms. The summed E-state index contributed by atoms with van der Waals surface area (Å²) in [4.78, 5) is 11.7. The Morgan fingerprint density at radius 3 is 2.50 bits per heavy atom. The van der Waals surface area contributed by atoms with Crippen LogP contribution in [0.25, 0.3) is 0 Å². The zero-order valence-electron chi connectivity index (χ0n) is 11.8. The van der Waals surface area contributed by atoms with Crippen LogP contribution in [0.4, 0.5) is 0 Å². The van der Waals surface area contributed by atoms with E-state index < -0.39 is 6.10 Å². The highest BCUT2D eigenvalue weighted by atomic mass is 35.5. The minimum Gasteiger partial charge on any atom is -0.497 e. The highest BCUT2D eigenvalue weighted by Crippen LogP contribution is 2.23. The topological polar surface area (TPSA) is 82.8 Å². The average molecular weight is 305 g/mol. The number of hydrogen-bond acceptors (Lipinski definition) is 5. The van der Waals surface area contributed by atoms with E-state index in [2.05, 4.69) is 5.32 Å². The number of rotatable bonds is 7. The molecule has 3 N–H and O–H groups in total. The van der Waals surface area contributed by atoms with Crippen LogP contribution in [-0.2, 0) is 16.1 Å². The summed E-state index contributed by atoms with van der Waals surface area (Å²) in [6, 6.07) is 5.39. The van der Waals surface area contributed by atoms with Gasteiger partial charge < -0.3 is 25.3 Å². The number of methoxy groups -OCH3 is 3. The summed E-state index contributed by atoms with van der Waals surface area (Å²) < 4.78 is 15.3. The minimum atomic E-state index is -0.642. The van der Waals surface area contributed by atoms with Crippen molar-refractivity contribution in [3.63, 3.8) is 0 Å². The van der Waals surface area contributed by atoms with Crippen LogP contribution in [-0.4, -0.2) is 39.9 Å². The Hall–Kier alpha value is -1.50. The predicted molar refractivity (Wildman–Crippen MR) is 78.5 cm³/mol. The molecule has 1 rings (SSSR count). The molecular formula is C13H21ClN2O4. The summed E-state index contributed by atoms with van der Waals surface area (Å²) in [5.74, 6) is 1.13. The molecule has 1 aromatic carbocycles. The SMILES string of the molecule is COc1ccc(OC)c(CNC(=O)C(CN)OC)c1.Cl. The molecule has 0 saturated carbocycles. The third-order valence-electron chi connectivity index (χ3n) is 2.73. The minimum absolute atomic E-state index is 0. The predicted octanol–water partition coefficient (Wildman–Crippen LogP) is 0.715. The van der Waals surface area contributed by atoms with Crippen molar-refractivity contribution in [3.05, 3.63) is 23.8 Å². The number of halogens is 1. The molecule has 6 nitrogen and oxygen atoms in total. The van der Waals surface area contributed by atoms with Gasteiger partial charge in [-0.1, -0.05) is 0 Å². The maximum absolute atomic E-state index is 11.7. The maximum atomic E-state index is 11.7. The van der Waals surface area contributed by atoms with Gasteiger partial charge in [-0.05, 0) is 18.2 Å². The lowest BCUT2D eigenvalue weighted by Crippen LogP contribution is -2.40. The Labute approximate surface area is 125 Å². The zero-order valence-corrected chi connectivity index (χ0v) is 12.7. The Morgan fingerprint density at radius 2 is 2.00 bits per heavy atom. The molecule has 1 unspecified atom stereocenters. The van der Waals surface area contributed by atoms with Crippen LogP contribution in [0.3, 0.4) is 0 Å². The van der Waals surface area contributed by atoms with E-state index in [0.29, 0.717) is 18.0 Å². The number of carbonyl (C=O) groups is 1. The van der Waals surface area contributed by atoms with Crippen molar-refractivity contribution in [3.8, 4) is 11.5 Å². The molecule has 114 valence electrons. The van der Waals surface area contributed by atoms with Crippen LogP contribution in [0.1, 0.15) is 5.56 Å². The van der Waals surface area contributed by atoms with Crippen molar-refractivity contribution in [2.24, 2.45) is 5.73 Å². The summed E-state index contributed by atoms with van der Waals surface area (Å²) in [5.41, 5.74) is 6.25. The zero-order chi connectivity index (χ0) is 14.3. The van der Waals surface area contributed by atoms with Gasteiger partial charge in [-0.15, -0.1) is 12.4 Å². The van der Waals surface area contributed by atoms with E-state index in [-0.39, 0.29) is 24.9 Å². The highest BCUT2D eigenvalue weighted by molar-refractivity contribution is 5.85. The van der Waals surface area contributed by atoms with Gasteiger partial charge in [0.25, 0.3) is 5.91 Å². The first-order valence-electron chi connectivity index (χ1n) is 5.87. The molecule has 0 radical (unpaired) electrons. The third kappa shape index (κ3) is 4.88. The van der Waals surface area contributed by atoms with E-state index in [1.165, 1.54) is 7.11 Å². The summed E-state index contributed by atoms with van der Waals surface area (Å²) in [6.07, 6.45) is -0.642. The second-order valence-electron chi connectivity index (χ2n) is 3.86. The van der Waals surface area contributed by atoms with Gasteiger partial charge in [0, 0.05) is 25.8 Å². The Morgan fingerprint density at radius 1 is 1.30 bits per heavy atom. The van der Waals surface area contributed by atoms with Crippen LogP contribution in [0.15, 0.2) is 18.2 Å². The lowest BCUT2D eigenvalue weighted by molar-refractivity contribution is -0.130. The van der Waals surface area contributed by atoms with Gasteiger partial charge >= 0.3 is 0 Å². The van der Waals surface area contributed by atoms with Gasteiger partial charge in [0.15, 0.2) is 0 Å². The molecule has 0 heterocycles. The molecule has 0 fully saturated rings. The van der Waals surface area contributed by atoms with Gasteiger partial charge in [0.1, 0.15) is 17.6 Å². The molecule has 0 saturated heterocycles. The summed E-state index contributed by atoms with van der Waals surface area (Å²) in [6.45, 7) is 0.455. The molecule has 20 heavy (non-hydrogen) atoms. The monoisotopic (exact) mass is 304 g/mol. The highest BCUT2D eigenvalue weighted by Gasteiger charge is 2.16. The quantitative estimate of drug-likeness (QED) is 0.775. The number of nitrogens with two attached hydrogens (primary N) is 1. The van der Waals surface area contributed by atoms with Gasteiger partial charge in [0.2, 0.25) is 0 Å². The summed E-state index contributed by atoms with van der Waals surface area (Å²) in [5, 5.41) is 2.75. The Balaban J connectivity index is 0.00000361. The number of ether oxygens (including phenoxy) is 3. The van der Waals surface area contributed by atoms with E-state index in [1.807, 2.05) is 6.07 Å². The number of carbonyl (C=O) groups excluding carboxylic acids is 1. The Kier molecular flexibility index (Phi) is 8.71. The van der Waals surface area contributed by atoms with Gasteiger partial charge in [-0.3, -0.25) is 4.79 Å². The van der Waals surface area contributed by atoms with Crippen molar-refractivity contribution >= 4 is 18.3 Å². The van der Waals surface area contributed by atoms with Crippen LogP contribution >= 0.6 is 12.4 Å². The smallest absolute Gasteiger partial charge is 0.250 e. The normalized spacial score (nSPS) is 11.2. The van der Waals surface area contributed by atoms with Crippen LogP contribution in [0, 0.1) is 0 Å². The van der Waals surface area contributed by atoms with Crippen LogP contribution < -0.4 is 20.5 Å². The fraction of sp³-hybridized carbons (Fsp3) is 0.462. The van der Waals surface area contributed by atoms with Crippen LogP contribution in [0.2, 0.25) is 0 Å². The van der Waals surface area contributed by atoms with E-state index in [1.54, 1.807) is 26.4 Å². The average Bonchev–Trinajstić information content (AvgIpc) is 2.45. The molecule has 0 spiro atoms. The lowest BCUT2D eigenvalue weighted by atomic mass is 10.2. The number of amides is 1. The molecular weight excluding hydrogens is 284 g/mol. The molecule has 1 atom stereocenters. The van der Waals surface area contributed by atoms with Gasteiger partial charge in [-0.25, -0.2) is 0 Å². The van der Waals surface area contributed by atoms with E-state index in [0.717, 1.165) is 5.56 Å². The van der Waals surface area contributed by atoms with Gasteiger partial charge in [0.05, 0.1) is 14.2 Å². The van der Waals surface area contributed by atoms with Gasteiger partial charge in [-0.2, -0.15) is 0 Å². The molecule has 0 aliphatic heterocycles. The van der Waals surface area contributed by atoms with Crippen molar-refractivity contribution in [2.75, 3.05) is 27.9 Å². The standard InChI is InChI=1S/C13H20N2O4.ClH/c1-17-10-4-5-11(18-2)9(6-10)8-15-13(16)12(7-14)19-3;/h4-6,12H,7-8,14H2,1-3H3,(H,15,16);1H. The number of benzene rings is 1. The summed E-state index contributed by atoms with van der Waals surface area (Å²) in [7, 11) is 4.60. The molecule has 0 aliphatic rings. The fourth-order valence-electron chi connectivity index (χ4n) is 1.63. The molecule has 1 aromatic rings. The molecule has 1 amide bonds. The van der Waals surface area contributed by atoms with Crippen molar-refractivity contribution in [1.82, 2.24) is 5.32 Å². The summed E-state index contributed by atoms with van der Waals surface area (Å²) >= 11 is 0. The lowest BCUT2D eigenvalue weighted by Gasteiger charge is -2.15. The largest absolute Gasteiger partial charge is 0.497 e. The van der Waals surface area contributed by atoms with Crippen molar-refractivity contribution < 1.29 is 19.0 Å². The van der Waals surface area contributed by atoms with Crippen LogP contribution in [0.5, 0.6) is 11.5 Å². The second kappa shape index (κ2) is 9.41. The maximum Gasteiger partial charge on any atom is 0.250 e. The second-order valence-corrected chi connectivity index (χ2v) is 3.86. The van der Waals surface area contributed by atoms with E-state index in [9.17, 15) is 4.79 Å². The third-order valence-corrected chi connectivity index (χ3v) is 2.73. The van der Waals surface area contributed by atoms with Crippen molar-refractivity contribution in [1.29, 1.82) is 0 Å². The molecule has 0 aromatic heterocycles. The van der Waals surface area contributed by atoms with Crippen molar-refractivity contribution in [2.45, 2.75) is 12.6 Å². The van der Waals surface area contributed by atoms with E-state index >= 15 is 0 Å². The fourth-order valence-corrected chi connectivity index (χ4v) is 1.63. The molecule has 7 heteroatoms. The first-order chi connectivity index (χ1) is 9.15.